The van der Waals surface area contributed by atoms with Crippen LogP contribution in [0.15, 0.2) is 0 Å². The first kappa shape index (κ1) is 15.7. The van der Waals surface area contributed by atoms with Gasteiger partial charge in [0.2, 0.25) is 0 Å². The maximum Gasteiger partial charge on any atom is 0.281 e. The second kappa shape index (κ2) is 5.38. The van der Waals surface area contributed by atoms with E-state index in [1.807, 2.05) is 0 Å². The van der Waals surface area contributed by atoms with Crippen LogP contribution in [0.3, 0.4) is 0 Å². The highest BCUT2D eigenvalue weighted by molar-refractivity contribution is 7.87. The van der Waals surface area contributed by atoms with Gasteiger partial charge in [0.05, 0.1) is 6.61 Å². The minimum Gasteiger partial charge on any atom is -0.395 e. The molecule has 0 radical (unpaired) electrons. The molecule has 0 bridgehead atoms. The molecule has 0 saturated heterocycles. The number of rotatable bonds is 6. The Balaban J connectivity index is 5.18. The van der Waals surface area contributed by atoms with Gasteiger partial charge in [0.25, 0.3) is 20.2 Å². The average molecular weight is 277 g/mol. The highest BCUT2D eigenvalue weighted by atomic mass is 32.2. The second-order valence-electron chi connectivity index (χ2n) is 3.19. The number of aliphatic hydroxyl groups is 1. The lowest BCUT2D eigenvalue weighted by molar-refractivity contribution is 0.170. The monoisotopic (exact) mass is 277 g/mol. The molecule has 0 rings (SSSR count). The van der Waals surface area contributed by atoms with E-state index in [0.717, 1.165) is 18.7 Å². The third-order valence-electron chi connectivity index (χ3n) is 2.15. The smallest absolute Gasteiger partial charge is 0.281 e. The van der Waals surface area contributed by atoms with E-state index in [4.69, 9.17) is 14.2 Å². The average Bonchev–Trinajstić information content (AvgIpc) is 2.09. The van der Waals surface area contributed by atoms with Crippen LogP contribution >= 0.6 is 0 Å². The lowest BCUT2D eigenvalue weighted by Crippen LogP contribution is -2.48. The Morgan fingerprint density at radius 3 is 1.50 bits per heavy atom. The van der Waals surface area contributed by atoms with Crippen molar-refractivity contribution in [1.82, 2.24) is 4.90 Å². The van der Waals surface area contributed by atoms with Crippen LogP contribution in [0.5, 0.6) is 0 Å². The van der Waals surface area contributed by atoms with E-state index in [0.29, 0.717) is 0 Å². The third kappa shape index (κ3) is 4.31. The number of nitrogens with zero attached hydrogens (tertiary/aromatic N) is 1. The van der Waals surface area contributed by atoms with Crippen LogP contribution in [0.1, 0.15) is 13.8 Å². The molecule has 0 aliphatic rings. The molecule has 0 aromatic rings. The molecular formula is C6H15NO7S2. The molecular weight excluding hydrogens is 262 g/mol. The molecule has 0 fully saturated rings. The van der Waals surface area contributed by atoms with Crippen LogP contribution in [0.2, 0.25) is 0 Å². The molecule has 3 N–H and O–H groups in total. The first-order chi connectivity index (χ1) is 7.01. The predicted molar refractivity (Wildman–Crippen MR) is 55.8 cm³/mol. The number of hydrogen-bond donors (Lipinski definition) is 3. The molecule has 2 unspecified atom stereocenters. The van der Waals surface area contributed by atoms with Crippen molar-refractivity contribution in [2.45, 2.75) is 24.6 Å². The van der Waals surface area contributed by atoms with E-state index in [1.54, 1.807) is 0 Å². The zero-order chi connectivity index (χ0) is 13.1. The summed E-state index contributed by atoms with van der Waals surface area (Å²) in [6, 6.07) is 0. The molecule has 8 nitrogen and oxygen atoms in total. The van der Waals surface area contributed by atoms with Crippen molar-refractivity contribution >= 4 is 20.2 Å². The van der Waals surface area contributed by atoms with Gasteiger partial charge in [-0.3, -0.25) is 14.0 Å². The van der Waals surface area contributed by atoms with Crippen LogP contribution in [0, 0.1) is 0 Å². The van der Waals surface area contributed by atoms with E-state index in [9.17, 15) is 16.8 Å². The summed E-state index contributed by atoms with van der Waals surface area (Å²) in [5.41, 5.74) is 0. The standard InChI is InChI=1S/C6H15NO7S2/c1-5(15(9,10)11)7(3-4-8)6(2)16(12,13)14/h5-6,8H,3-4H2,1-2H3,(H,9,10,11)(H,12,13,14). The Labute approximate surface area is 94.4 Å². The van der Waals surface area contributed by atoms with Gasteiger partial charge in [0, 0.05) is 6.54 Å². The number of hydrogen-bond acceptors (Lipinski definition) is 6. The largest absolute Gasteiger partial charge is 0.395 e. The van der Waals surface area contributed by atoms with Crippen molar-refractivity contribution in [1.29, 1.82) is 0 Å². The van der Waals surface area contributed by atoms with E-state index in [-0.39, 0.29) is 6.54 Å². The van der Waals surface area contributed by atoms with Gasteiger partial charge in [-0.2, -0.15) is 16.8 Å². The topological polar surface area (TPSA) is 132 Å². The number of aliphatic hydroxyl groups excluding tert-OH is 1. The Bertz CT molecular complexity index is 376. The molecule has 0 spiro atoms. The van der Waals surface area contributed by atoms with E-state index >= 15 is 0 Å². The highest BCUT2D eigenvalue weighted by Crippen LogP contribution is 2.13. The Morgan fingerprint density at radius 1 is 1.00 bits per heavy atom. The van der Waals surface area contributed by atoms with Gasteiger partial charge in [0.15, 0.2) is 0 Å². The summed E-state index contributed by atoms with van der Waals surface area (Å²) in [5, 5.41) is 5.58. The van der Waals surface area contributed by atoms with Gasteiger partial charge >= 0.3 is 0 Å². The molecule has 0 amide bonds. The third-order valence-corrected chi connectivity index (χ3v) is 4.42. The molecule has 0 aliphatic carbocycles. The molecule has 0 aromatic carbocycles. The van der Waals surface area contributed by atoms with Crippen molar-refractivity contribution in [3.63, 3.8) is 0 Å². The second-order valence-corrected chi connectivity index (χ2v) is 6.61. The van der Waals surface area contributed by atoms with Crippen LogP contribution in [0.4, 0.5) is 0 Å². The fourth-order valence-electron chi connectivity index (χ4n) is 1.12. The fraction of sp³-hybridized carbons (Fsp3) is 1.00. The summed E-state index contributed by atoms with van der Waals surface area (Å²) in [5.74, 6) is 0. The summed E-state index contributed by atoms with van der Waals surface area (Å²) in [7, 11) is -8.98. The van der Waals surface area contributed by atoms with Gasteiger partial charge in [-0.1, -0.05) is 0 Å². The maximum absolute atomic E-state index is 10.8. The Hall–Kier alpha value is -0.260. The van der Waals surface area contributed by atoms with Gasteiger partial charge in [-0.15, -0.1) is 0 Å². The van der Waals surface area contributed by atoms with E-state index in [2.05, 4.69) is 0 Å². The SMILES string of the molecule is CC(N(CCO)C(C)S(=O)(=O)O)S(=O)(=O)O. The first-order valence-electron chi connectivity index (χ1n) is 4.31. The van der Waals surface area contributed by atoms with Crippen molar-refractivity contribution < 1.29 is 31.0 Å². The minimum atomic E-state index is -4.49. The van der Waals surface area contributed by atoms with Crippen molar-refractivity contribution in [3.05, 3.63) is 0 Å². The molecule has 10 heteroatoms. The van der Waals surface area contributed by atoms with Gasteiger partial charge in [0.1, 0.15) is 10.7 Å². The van der Waals surface area contributed by atoms with E-state index in [1.165, 1.54) is 0 Å². The summed E-state index contributed by atoms with van der Waals surface area (Å²) in [4.78, 5) is 0.755. The Kier molecular flexibility index (Phi) is 5.29. The van der Waals surface area contributed by atoms with Crippen molar-refractivity contribution in [2.75, 3.05) is 13.2 Å². The lowest BCUT2D eigenvalue weighted by Gasteiger charge is -2.29. The summed E-state index contributed by atoms with van der Waals surface area (Å²) in [6.45, 7) is 1.26. The van der Waals surface area contributed by atoms with Crippen LogP contribution in [0.25, 0.3) is 0 Å². The molecule has 16 heavy (non-hydrogen) atoms. The van der Waals surface area contributed by atoms with Crippen molar-refractivity contribution in [2.24, 2.45) is 0 Å². The highest BCUT2D eigenvalue weighted by Gasteiger charge is 2.34. The van der Waals surface area contributed by atoms with Gasteiger partial charge in [-0.25, -0.2) is 0 Å². The summed E-state index contributed by atoms with van der Waals surface area (Å²) in [6.07, 6.45) is 0. The molecule has 0 aromatic heterocycles. The predicted octanol–water partition coefficient (Wildman–Crippen LogP) is -1.25. The zero-order valence-corrected chi connectivity index (χ0v) is 10.4. The molecule has 98 valence electrons. The zero-order valence-electron chi connectivity index (χ0n) is 8.81. The lowest BCUT2D eigenvalue weighted by atomic mass is 10.5. The van der Waals surface area contributed by atoms with Gasteiger partial charge < -0.3 is 5.11 Å². The van der Waals surface area contributed by atoms with Crippen LogP contribution in [-0.2, 0) is 20.2 Å². The van der Waals surface area contributed by atoms with E-state index < -0.39 is 37.6 Å². The maximum atomic E-state index is 10.8. The quantitative estimate of drug-likeness (QED) is 0.513. The summed E-state index contributed by atoms with van der Waals surface area (Å²) >= 11 is 0. The van der Waals surface area contributed by atoms with Crippen molar-refractivity contribution in [3.8, 4) is 0 Å². The summed E-state index contributed by atoms with van der Waals surface area (Å²) < 4.78 is 60.9. The normalized spacial score (nSPS) is 17.4. The molecule has 2 atom stereocenters. The molecule has 0 heterocycles. The van der Waals surface area contributed by atoms with Gasteiger partial charge in [-0.05, 0) is 13.8 Å². The van der Waals surface area contributed by atoms with Crippen LogP contribution < -0.4 is 0 Å². The fourth-order valence-corrected chi connectivity index (χ4v) is 2.45. The first-order valence-corrected chi connectivity index (χ1v) is 7.31. The van der Waals surface area contributed by atoms with Crippen LogP contribution in [-0.4, -0.2) is 59.8 Å². The molecule has 0 aliphatic heterocycles. The minimum absolute atomic E-state index is 0.318. The Morgan fingerprint density at radius 2 is 1.31 bits per heavy atom. The molecule has 0 saturated carbocycles.